The minimum atomic E-state index is -0.324. The molecule has 3 nitrogen and oxygen atoms in total. The quantitative estimate of drug-likeness (QED) is 0.781. The first-order valence-electron chi connectivity index (χ1n) is 6.06. The van der Waals surface area contributed by atoms with Crippen LogP contribution in [-0.2, 0) is 0 Å². The van der Waals surface area contributed by atoms with Gasteiger partial charge in [-0.05, 0) is 55.3 Å². The molecule has 0 fully saturated rings. The third-order valence-electron chi connectivity index (χ3n) is 2.87. The van der Waals surface area contributed by atoms with Gasteiger partial charge in [0, 0.05) is 21.4 Å². The van der Waals surface area contributed by atoms with E-state index >= 15 is 0 Å². The van der Waals surface area contributed by atoms with Gasteiger partial charge in [-0.1, -0.05) is 29.3 Å². The first-order valence-corrected chi connectivity index (χ1v) is 6.81. The molecule has 20 heavy (non-hydrogen) atoms. The molecule has 0 bridgehead atoms. The highest BCUT2D eigenvalue weighted by atomic mass is 35.5. The first kappa shape index (κ1) is 14.7. The molecule has 0 aliphatic heterocycles. The Kier molecular flexibility index (Phi) is 4.53. The van der Waals surface area contributed by atoms with Crippen LogP contribution in [0.1, 0.15) is 11.1 Å². The molecule has 0 atom stereocenters. The molecule has 0 aliphatic carbocycles. The number of nitrogens with one attached hydrogen (secondary N) is 2. The van der Waals surface area contributed by atoms with Gasteiger partial charge in [0.25, 0.3) is 0 Å². The molecule has 2 amide bonds. The normalized spacial score (nSPS) is 10.2. The number of rotatable bonds is 2. The van der Waals surface area contributed by atoms with Crippen LogP contribution in [0.5, 0.6) is 0 Å². The lowest BCUT2D eigenvalue weighted by molar-refractivity contribution is 0.262. The van der Waals surface area contributed by atoms with E-state index in [0.29, 0.717) is 21.4 Å². The van der Waals surface area contributed by atoms with Crippen LogP contribution >= 0.6 is 23.2 Å². The summed E-state index contributed by atoms with van der Waals surface area (Å²) in [6, 6.07) is 10.3. The van der Waals surface area contributed by atoms with Gasteiger partial charge in [0.1, 0.15) is 0 Å². The van der Waals surface area contributed by atoms with E-state index in [-0.39, 0.29) is 6.03 Å². The third-order valence-corrected chi connectivity index (χ3v) is 3.51. The lowest BCUT2D eigenvalue weighted by Gasteiger charge is -2.10. The highest BCUT2D eigenvalue weighted by Crippen LogP contribution is 2.22. The van der Waals surface area contributed by atoms with E-state index in [1.807, 2.05) is 19.9 Å². The van der Waals surface area contributed by atoms with E-state index in [1.54, 1.807) is 30.3 Å². The predicted molar refractivity (Wildman–Crippen MR) is 85.0 cm³/mol. The molecule has 2 aromatic rings. The van der Waals surface area contributed by atoms with Gasteiger partial charge in [0.15, 0.2) is 0 Å². The predicted octanol–water partition coefficient (Wildman–Crippen LogP) is 5.25. The molecule has 2 rings (SSSR count). The molecular formula is C15H14Cl2N2O. The van der Waals surface area contributed by atoms with Gasteiger partial charge in [-0.3, -0.25) is 0 Å². The zero-order valence-corrected chi connectivity index (χ0v) is 12.6. The zero-order chi connectivity index (χ0) is 14.7. The van der Waals surface area contributed by atoms with Crippen LogP contribution in [0.2, 0.25) is 10.0 Å². The monoisotopic (exact) mass is 308 g/mol. The fraction of sp³-hybridized carbons (Fsp3) is 0.133. The van der Waals surface area contributed by atoms with Gasteiger partial charge < -0.3 is 10.6 Å². The van der Waals surface area contributed by atoms with Crippen LogP contribution in [-0.4, -0.2) is 6.03 Å². The SMILES string of the molecule is Cc1ccc(NC(=O)Nc2ccc(Cl)cc2C)cc1Cl. The molecule has 0 spiro atoms. The van der Waals surface area contributed by atoms with Gasteiger partial charge in [-0.25, -0.2) is 4.79 Å². The molecule has 0 aliphatic rings. The smallest absolute Gasteiger partial charge is 0.308 e. The van der Waals surface area contributed by atoms with Crippen molar-refractivity contribution in [2.45, 2.75) is 13.8 Å². The van der Waals surface area contributed by atoms with Gasteiger partial charge in [0.05, 0.1) is 0 Å². The number of carbonyl (C=O) groups excluding carboxylic acids is 1. The lowest BCUT2D eigenvalue weighted by atomic mass is 10.2. The molecule has 5 heteroatoms. The van der Waals surface area contributed by atoms with Crippen molar-refractivity contribution in [3.8, 4) is 0 Å². The number of hydrogen-bond acceptors (Lipinski definition) is 1. The summed E-state index contributed by atoms with van der Waals surface area (Å²) in [5.74, 6) is 0. The Morgan fingerprint density at radius 2 is 1.70 bits per heavy atom. The minimum absolute atomic E-state index is 0.324. The fourth-order valence-corrected chi connectivity index (χ4v) is 2.13. The molecule has 0 unspecified atom stereocenters. The molecule has 0 heterocycles. The summed E-state index contributed by atoms with van der Waals surface area (Å²) < 4.78 is 0. The summed E-state index contributed by atoms with van der Waals surface area (Å²) in [6.07, 6.45) is 0. The van der Waals surface area contributed by atoms with Crippen LogP contribution in [0.15, 0.2) is 36.4 Å². The Morgan fingerprint density at radius 1 is 0.950 bits per heavy atom. The van der Waals surface area contributed by atoms with E-state index in [4.69, 9.17) is 23.2 Å². The first-order chi connectivity index (χ1) is 9.45. The van der Waals surface area contributed by atoms with Crippen molar-refractivity contribution in [2.75, 3.05) is 10.6 Å². The Labute approximate surface area is 127 Å². The Morgan fingerprint density at radius 3 is 2.35 bits per heavy atom. The summed E-state index contributed by atoms with van der Waals surface area (Å²) in [7, 11) is 0. The second kappa shape index (κ2) is 6.16. The summed E-state index contributed by atoms with van der Waals surface area (Å²) in [6.45, 7) is 3.79. The Hall–Kier alpha value is -1.71. The summed E-state index contributed by atoms with van der Waals surface area (Å²) in [4.78, 5) is 11.9. The summed E-state index contributed by atoms with van der Waals surface area (Å²) in [5.41, 5.74) is 3.22. The summed E-state index contributed by atoms with van der Waals surface area (Å²) >= 11 is 11.9. The second-order valence-corrected chi connectivity index (χ2v) is 5.35. The van der Waals surface area contributed by atoms with Crippen molar-refractivity contribution in [2.24, 2.45) is 0 Å². The van der Waals surface area contributed by atoms with Gasteiger partial charge >= 0.3 is 6.03 Å². The Bertz CT molecular complexity index is 656. The van der Waals surface area contributed by atoms with Crippen LogP contribution < -0.4 is 10.6 Å². The van der Waals surface area contributed by atoms with Crippen molar-refractivity contribution < 1.29 is 4.79 Å². The van der Waals surface area contributed by atoms with Crippen LogP contribution in [0.25, 0.3) is 0 Å². The zero-order valence-electron chi connectivity index (χ0n) is 11.1. The highest BCUT2D eigenvalue weighted by molar-refractivity contribution is 6.31. The maximum Gasteiger partial charge on any atom is 0.323 e. The largest absolute Gasteiger partial charge is 0.323 e. The fourth-order valence-electron chi connectivity index (χ4n) is 1.72. The lowest BCUT2D eigenvalue weighted by Crippen LogP contribution is -2.19. The van der Waals surface area contributed by atoms with Crippen molar-refractivity contribution >= 4 is 40.6 Å². The summed E-state index contributed by atoms with van der Waals surface area (Å²) in [5, 5.41) is 6.75. The highest BCUT2D eigenvalue weighted by Gasteiger charge is 2.06. The maximum absolute atomic E-state index is 11.9. The molecule has 0 saturated carbocycles. The van der Waals surface area contributed by atoms with Crippen molar-refractivity contribution in [1.29, 1.82) is 0 Å². The standard InChI is InChI=1S/C15H14Cl2N2O/c1-9-3-5-12(8-13(9)17)18-15(20)19-14-6-4-11(16)7-10(14)2/h3-8H,1-2H3,(H2,18,19,20). The van der Waals surface area contributed by atoms with Crippen molar-refractivity contribution in [3.05, 3.63) is 57.6 Å². The second-order valence-electron chi connectivity index (χ2n) is 4.50. The van der Waals surface area contributed by atoms with Crippen LogP contribution in [0.4, 0.5) is 16.2 Å². The van der Waals surface area contributed by atoms with Gasteiger partial charge in [-0.2, -0.15) is 0 Å². The van der Waals surface area contributed by atoms with Crippen LogP contribution in [0.3, 0.4) is 0 Å². The van der Waals surface area contributed by atoms with Crippen LogP contribution in [0, 0.1) is 13.8 Å². The van der Waals surface area contributed by atoms with Crippen molar-refractivity contribution in [1.82, 2.24) is 0 Å². The maximum atomic E-state index is 11.9. The molecule has 0 radical (unpaired) electrons. The average Bonchev–Trinajstić information content (AvgIpc) is 2.37. The molecular weight excluding hydrogens is 295 g/mol. The number of halogens is 2. The molecule has 2 N–H and O–H groups in total. The number of aryl methyl sites for hydroxylation is 2. The number of anilines is 2. The van der Waals surface area contributed by atoms with E-state index in [9.17, 15) is 4.79 Å². The van der Waals surface area contributed by atoms with Crippen molar-refractivity contribution in [3.63, 3.8) is 0 Å². The molecule has 104 valence electrons. The molecule has 0 aromatic heterocycles. The minimum Gasteiger partial charge on any atom is -0.308 e. The van der Waals surface area contributed by atoms with E-state index in [1.165, 1.54) is 0 Å². The number of hydrogen-bond donors (Lipinski definition) is 2. The van der Waals surface area contributed by atoms with E-state index < -0.39 is 0 Å². The number of urea groups is 1. The molecule has 0 saturated heterocycles. The van der Waals surface area contributed by atoms with Gasteiger partial charge in [-0.15, -0.1) is 0 Å². The number of benzene rings is 2. The number of amides is 2. The van der Waals surface area contributed by atoms with E-state index in [0.717, 1.165) is 11.1 Å². The average molecular weight is 309 g/mol. The molecule has 2 aromatic carbocycles. The third kappa shape index (κ3) is 3.65. The number of carbonyl (C=O) groups is 1. The van der Waals surface area contributed by atoms with E-state index in [2.05, 4.69) is 10.6 Å². The van der Waals surface area contributed by atoms with Gasteiger partial charge in [0.2, 0.25) is 0 Å². The Balaban J connectivity index is 2.07. The topological polar surface area (TPSA) is 41.1 Å².